The van der Waals surface area contributed by atoms with Crippen molar-refractivity contribution in [1.82, 2.24) is 48.7 Å². The second kappa shape index (κ2) is 26.8. The quantitative estimate of drug-likeness (QED) is 0.0622. The van der Waals surface area contributed by atoms with Crippen LogP contribution in [-0.4, -0.2) is 130 Å². The number of carboxylic acid groups (broad SMARTS) is 1. The van der Waals surface area contributed by atoms with Gasteiger partial charge in [0.2, 0.25) is 17.6 Å². The summed E-state index contributed by atoms with van der Waals surface area (Å²) in [7, 11) is 8.68. The average molecular weight is 1260 g/mol. The Morgan fingerprint density at radius 3 is 1.48 bits per heavy atom. The molecule has 2 aliphatic carbocycles. The van der Waals surface area contributed by atoms with Crippen molar-refractivity contribution in [3.63, 3.8) is 0 Å². The van der Waals surface area contributed by atoms with Crippen LogP contribution in [0.5, 0.6) is 17.6 Å². The number of benzene rings is 3. The lowest BCUT2D eigenvalue weighted by atomic mass is 9.79. The maximum Gasteiger partial charge on any atom is 0.494 e. The van der Waals surface area contributed by atoms with Crippen LogP contribution >= 0.6 is 15.9 Å². The summed E-state index contributed by atoms with van der Waals surface area (Å²) in [6.45, 7) is 16.2. The van der Waals surface area contributed by atoms with Gasteiger partial charge in [0.15, 0.2) is 0 Å². The highest BCUT2D eigenvalue weighted by molar-refractivity contribution is 9.10. The first-order chi connectivity index (χ1) is 41.1. The van der Waals surface area contributed by atoms with E-state index in [1.54, 1.807) is 38.2 Å². The number of carbonyl (C=O) groups is 3. The van der Waals surface area contributed by atoms with Crippen LogP contribution in [0.1, 0.15) is 124 Å². The van der Waals surface area contributed by atoms with E-state index < -0.39 is 24.3 Å². The molecule has 7 heterocycles. The van der Waals surface area contributed by atoms with Gasteiger partial charge in [0.1, 0.15) is 21.3 Å². The lowest BCUT2D eigenvalue weighted by molar-refractivity contribution is 0.00578. The molecule has 0 spiro atoms. The number of halogens is 1. The normalized spacial score (nSPS) is 16.5. The zero-order chi connectivity index (χ0) is 63.2. The van der Waals surface area contributed by atoms with Gasteiger partial charge in [-0.25, -0.2) is 9.78 Å². The Morgan fingerprint density at radius 2 is 1.06 bits per heavy atom. The summed E-state index contributed by atoms with van der Waals surface area (Å²) in [5.74, 6) is -0.844. The summed E-state index contributed by atoms with van der Waals surface area (Å²) in [6, 6.07) is 26.1. The monoisotopic (exact) mass is 1260 g/mol. The molecule has 2 saturated carbocycles. The lowest BCUT2D eigenvalue weighted by Crippen LogP contribution is -2.41. The van der Waals surface area contributed by atoms with E-state index in [4.69, 9.17) is 43.7 Å². The van der Waals surface area contributed by atoms with Crippen LogP contribution in [0.2, 0.25) is 0 Å². The van der Waals surface area contributed by atoms with Crippen molar-refractivity contribution in [2.45, 2.75) is 116 Å². The van der Waals surface area contributed by atoms with Crippen molar-refractivity contribution < 1.29 is 52.3 Å². The first-order valence-corrected chi connectivity index (χ1v) is 29.0. The summed E-state index contributed by atoms with van der Waals surface area (Å²) in [5.41, 5.74) is 11.2. The van der Waals surface area contributed by atoms with Crippen LogP contribution in [0.25, 0.3) is 11.3 Å². The summed E-state index contributed by atoms with van der Waals surface area (Å²) >= 11 is 3.41. The molecule has 24 nitrogen and oxygen atoms in total. The number of ether oxygens (including phenoxy) is 3. The number of carbonyl (C=O) groups excluding carboxylic acids is 2. The molecule has 0 bridgehead atoms. The predicted octanol–water partition coefficient (Wildman–Crippen LogP) is 8.54. The number of methoxy groups -OCH3 is 3. The molecule has 5 aromatic heterocycles. The van der Waals surface area contributed by atoms with Gasteiger partial charge < -0.3 is 58.9 Å². The predicted molar refractivity (Wildman–Crippen MR) is 335 cm³/mol. The number of nitrogens with one attached hydrogen (secondary N) is 2. The molecule has 12 rings (SSSR count). The van der Waals surface area contributed by atoms with Crippen molar-refractivity contribution in [3.05, 3.63) is 137 Å². The molecule has 4 fully saturated rings. The maximum absolute atomic E-state index is 12.5. The van der Waals surface area contributed by atoms with Crippen LogP contribution in [0, 0.1) is 0 Å². The summed E-state index contributed by atoms with van der Waals surface area (Å²) in [5, 5.41) is 30.5. The number of aromatic nitrogens is 10. The van der Waals surface area contributed by atoms with Gasteiger partial charge in [-0.15, -0.1) is 15.3 Å². The fraction of sp³-hybridized carbons (Fsp3) is 0.400. The molecular formula is C60H76B2BrN13O11. The average Bonchev–Trinajstić information content (AvgIpc) is 1.95. The minimum absolute atomic E-state index is 0.0787. The smallest absolute Gasteiger partial charge is 0.479 e. The van der Waals surface area contributed by atoms with E-state index in [1.165, 1.54) is 62.6 Å². The van der Waals surface area contributed by atoms with Gasteiger partial charge in [-0.2, -0.15) is 5.10 Å². The number of amides is 2. The number of nitrogen functional groups attached to an aromatic ring is 1. The van der Waals surface area contributed by atoms with Crippen LogP contribution in [0.15, 0.2) is 121 Å². The maximum atomic E-state index is 12.5. The number of carboxylic acids is 1. The third-order valence-electron chi connectivity index (χ3n) is 15.3. The van der Waals surface area contributed by atoms with Crippen LogP contribution in [-0.2, 0) is 39.8 Å². The zero-order valence-corrected chi connectivity index (χ0v) is 53.2. The van der Waals surface area contributed by atoms with Crippen molar-refractivity contribution in [1.29, 1.82) is 0 Å². The van der Waals surface area contributed by atoms with Gasteiger partial charge in [-0.05, 0) is 150 Å². The van der Waals surface area contributed by atoms with E-state index in [-0.39, 0.29) is 47.5 Å². The standard InChI is InChI=1S/C18H24BN3O4.C18H19N5O2.C12H18BNO2.C6H7BrN2.C6H8N2O3/c1-17(2)18(3,4)26-19(25-17)12-8-7-9-13(10-12)20-15(23)14-11-22(5)21-16(14)24-6;1-22-10-15(18(21-22)25-2)17(24)20-13-5-3-4-12(8-13)16-9-19-11-23(16)14-6-7-14;1-11(2)12(3,4)16-13(15-11)9-6-5-7-10(14)8-9;7-6-3-4-8-9(6)5-1-2-5;1-8-3-4(6(9)10)5(7-8)11-2/h7-11H,1-6H3,(H,20,23);3-5,8-11,14H,6-7H2,1-2H3,(H,20,24);5-8H,14H2,1-4H3;3-5H,1-2H2;3H,1-2H3,(H,9,10). The number of imidazole rings is 1. The van der Waals surface area contributed by atoms with Gasteiger partial charge >= 0.3 is 20.2 Å². The second-order valence-corrected chi connectivity index (χ2v) is 24.0. The molecule has 5 N–H and O–H groups in total. The summed E-state index contributed by atoms with van der Waals surface area (Å²) in [4.78, 5) is 39.8. The molecule has 0 unspecified atom stereocenters. The van der Waals surface area contributed by atoms with Crippen molar-refractivity contribution in [3.8, 4) is 28.9 Å². The Morgan fingerprint density at radius 1 is 0.621 bits per heavy atom. The zero-order valence-electron chi connectivity index (χ0n) is 51.6. The third kappa shape index (κ3) is 15.9. The first kappa shape index (κ1) is 64.8. The molecule has 0 atom stereocenters. The molecule has 2 aliphatic heterocycles. The van der Waals surface area contributed by atoms with E-state index in [2.05, 4.69) is 56.5 Å². The molecule has 8 aromatic rings. The van der Waals surface area contributed by atoms with E-state index in [1.807, 2.05) is 158 Å². The number of hydrogen-bond acceptors (Lipinski definition) is 16. The Balaban J connectivity index is 0.000000149. The molecule has 87 heavy (non-hydrogen) atoms. The van der Waals surface area contributed by atoms with Crippen molar-refractivity contribution in [2.75, 3.05) is 37.7 Å². The fourth-order valence-electron chi connectivity index (χ4n) is 8.95. The van der Waals surface area contributed by atoms with Crippen molar-refractivity contribution in [2.24, 2.45) is 21.1 Å². The number of rotatable bonds is 13. The Bertz CT molecular complexity index is 3660. The van der Waals surface area contributed by atoms with Crippen LogP contribution in [0.3, 0.4) is 0 Å². The number of nitrogens with zero attached hydrogens (tertiary/aromatic N) is 10. The van der Waals surface area contributed by atoms with Gasteiger partial charge in [-0.1, -0.05) is 36.4 Å². The summed E-state index contributed by atoms with van der Waals surface area (Å²) in [6.07, 6.45) is 15.2. The molecule has 2 saturated heterocycles. The van der Waals surface area contributed by atoms with Crippen LogP contribution < -0.4 is 41.5 Å². The SMILES string of the molecule is Brc1ccnn1C1CC1.CC1(C)OB(c2cccc(N)c2)OC1(C)C.COc1nn(C)cc1C(=O)Nc1cccc(-c2cncn2C2CC2)c1.COc1nn(C)cc1C(=O)Nc1cccc(B2OC(C)(C)C(C)(C)O2)c1.COc1nn(C)cc1C(=O)O. The molecular weight excluding hydrogens is 1180 g/mol. The number of aromatic carboxylic acids is 1. The van der Waals surface area contributed by atoms with E-state index in [0.717, 1.165) is 38.2 Å². The second-order valence-electron chi connectivity index (χ2n) is 23.2. The molecule has 4 aliphatic rings. The highest BCUT2D eigenvalue weighted by atomic mass is 79.9. The molecule has 2 amide bonds. The highest BCUT2D eigenvalue weighted by Gasteiger charge is 2.53. The van der Waals surface area contributed by atoms with Gasteiger partial charge in [0.25, 0.3) is 11.8 Å². The Hall–Kier alpha value is -8.23. The molecule has 27 heteroatoms. The fourth-order valence-corrected chi connectivity index (χ4v) is 9.45. The van der Waals surface area contributed by atoms with Gasteiger partial charge in [0, 0.05) is 68.4 Å². The first-order valence-electron chi connectivity index (χ1n) is 28.2. The summed E-state index contributed by atoms with van der Waals surface area (Å²) < 4.78 is 48.8. The number of hydrogen-bond donors (Lipinski definition) is 4. The van der Waals surface area contributed by atoms with E-state index >= 15 is 0 Å². The Labute approximate surface area is 515 Å². The highest BCUT2D eigenvalue weighted by Crippen LogP contribution is 2.40. The van der Waals surface area contributed by atoms with Crippen LogP contribution in [0.4, 0.5) is 17.1 Å². The van der Waals surface area contributed by atoms with Gasteiger partial charge in [0.05, 0.1) is 74.2 Å². The number of aryl methyl sites for hydroxylation is 3. The topological polar surface area (TPSA) is 275 Å². The molecule has 3 aromatic carbocycles. The largest absolute Gasteiger partial charge is 0.494 e. The lowest BCUT2D eigenvalue weighted by Gasteiger charge is -2.32. The number of anilines is 3. The minimum atomic E-state index is -1.03. The van der Waals surface area contributed by atoms with E-state index in [0.29, 0.717) is 34.8 Å². The molecule has 0 radical (unpaired) electrons. The van der Waals surface area contributed by atoms with Gasteiger partial charge in [-0.3, -0.25) is 28.3 Å². The Kier molecular flexibility index (Phi) is 20.0. The van der Waals surface area contributed by atoms with Crippen molar-refractivity contribution >= 4 is 75.9 Å². The third-order valence-corrected chi connectivity index (χ3v) is 16.0. The number of nitrogens with two attached hydrogens (primary N) is 1. The minimum Gasteiger partial charge on any atom is -0.479 e. The molecule has 460 valence electrons. The van der Waals surface area contributed by atoms with E-state index in [9.17, 15) is 14.4 Å².